The van der Waals surface area contributed by atoms with Crippen molar-refractivity contribution in [2.24, 2.45) is 0 Å². The van der Waals surface area contributed by atoms with Crippen molar-refractivity contribution in [1.82, 2.24) is 9.71 Å². The third-order valence-corrected chi connectivity index (χ3v) is 3.40. The summed E-state index contributed by atoms with van der Waals surface area (Å²) >= 11 is 0. The third-order valence-electron chi connectivity index (χ3n) is 3.40. The summed E-state index contributed by atoms with van der Waals surface area (Å²) in [6, 6.07) is 3.30. The van der Waals surface area contributed by atoms with Crippen LogP contribution >= 0.6 is 0 Å². The Morgan fingerprint density at radius 3 is 2.40 bits per heavy atom. The Labute approximate surface area is 116 Å². The minimum atomic E-state index is -4.43. The van der Waals surface area contributed by atoms with E-state index in [1.54, 1.807) is 4.81 Å². The topological polar surface area (TPSA) is 23.6 Å². The Kier molecular flexibility index (Phi) is 4.50. The van der Waals surface area contributed by atoms with Crippen LogP contribution in [0.5, 0.6) is 0 Å². The van der Waals surface area contributed by atoms with Crippen molar-refractivity contribution in [2.75, 3.05) is 26.2 Å². The maximum Gasteiger partial charge on any atom is 0.416 e. The average Bonchev–Trinajstić information content (AvgIpc) is 2.40. The van der Waals surface area contributed by atoms with Gasteiger partial charge in [0, 0.05) is 25.2 Å². The smallest absolute Gasteiger partial charge is 0.351 e. The number of piperazine rings is 1. The highest BCUT2D eigenvalue weighted by atomic mass is 19.4. The second kappa shape index (κ2) is 5.97. The van der Waals surface area contributed by atoms with Gasteiger partial charge in [0.15, 0.2) is 7.98 Å². The van der Waals surface area contributed by atoms with Gasteiger partial charge >= 0.3 is 6.18 Å². The molecule has 106 valence electrons. The number of alkyl halides is 3. The molecule has 0 N–H and O–H groups in total. The second-order valence-corrected chi connectivity index (χ2v) is 4.84. The van der Waals surface area contributed by atoms with E-state index < -0.39 is 11.7 Å². The predicted octanol–water partition coefficient (Wildman–Crippen LogP) is 1.72. The number of nitrogens with zero attached hydrogens (tertiary/aromatic N) is 2. The zero-order valence-corrected chi connectivity index (χ0v) is 10.9. The molecular formula is C13H14BF3N2O. The number of halogens is 3. The molecule has 2 rings (SSSR count). The van der Waals surface area contributed by atoms with Gasteiger partial charge in [-0.2, -0.15) is 13.2 Å². The average molecular weight is 282 g/mol. The van der Waals surface area contributed by atoms with Crippen LogP contribution in [0.1, 0.15) is 21.5 Å². The van der Waals surface area contributed by atoms with Crippen LogP contribution in [0.2, 0.25) is 0 Å². The lowest BCUT2D eigenvalue weighted by molar-refractivity contribution is -0.137. The first-order chi connectivity index (χ1) is 9.40. The van der Waals surface area contributed by atoms with Gasteiger partial charge in [-0.25, -0.2) is 0 Å². The summed E-state index contributed by atoms with van der Waals surface area (Å²) in [6.45, 7) is 3.33. The zero-order valence-electron chi connectivity index (χ0n) is 10.9. The minimum absolute atomic E-state index is 0.0926. The van der Waals surface area contributed by atoms with E-state index in [0.717, 1.165) is 25.2 Å². The zero-order chi connectivity index (χ0) is 14.8. The first-order valence-corrected chi connectivity index (χ1v) is 6.27. The van der Waals surface area contributed by atoms with Gasteiger partial charge in [0.2, 0.25) is 0 Å². The van der Waals surface area contributed by atoms with Crippen molar-refractivity contribution in [3.63, 3.8) is 0 Å². The highest BCUT2D eigenvalue weighted by Gasteiger charge is 2.31. The van der Waals surface area contributed by atoms with E-state index in [4.69, 9.17) is 7.98 Å². The number of aldehydes is 1. The van der Waals surface area contributed by atoms with Crippen molar-refractivity contribution in [3.05, 3.63) is 34.9 Å². The van der Waals surface area contributed by atoms with Crippen LogP contribution in [-0.2, 0) is 12.7 Å². The van der Waals surface area contributed by atoms with E-state index in [1.807, 2.05) is 0 Å². The van der Waals surface area contributed by atoms with Crippen molar-refractivity contribution in [2.45, 2.75) is 12.7 Å². The highest BCUT2D eigenvalue weighted by Crippen LogP contribution is 2.30. The first kappa shape index (κ1) is 15.1. The van der Waals surface area contributed by atoms with Gasteiger partial charge in [-0.15, -0.1) is 0 Å². The predicted molar refractivity (Wildman–Crippen MR) is 69.4 cm³/mol. The van der Waals surface area contributed by atoms with Crippen LogP contribution < -0.4 is 0 Å². The van der Waals surface area contributed by atoms with Crippen molar-refractivity contribution in [3.8, 4) is 0 Å². The van der Waals surface area contributed by atoms with Gasteiger partial charge in [0.1, 0.15) is 6.29 Å². The van der Waals surface area contributed by atoms with Crippen LogP contribution in [0.3, 0.4) is 0 Å². The SMILES string of the molecule is [B]N1CCN(Cc2ccc(C(F)(F)F)cc2C=O)CC1. The van der Waals surface area contributed by atoms with E-state index in [-0.39, 0.29) is 5.56 Å². The lowest BCUT2D eigenvalue weighted by atomic mass is 10.0. The molecule has 1 aromatic carbocycles. The van der Waals surface area contributed by atoms with Crippen LogP contribution in [-0.4, -0.2) is 50.2 Å². The molecule has 1 fully saturated rings. The fourth-order valence-electron chi connectivity index (χ4n) is 2.19. The standard InChI is InChI=1S/C13H14BF3N2O/c14-19-5-3-18(4-6-19)8-10-1-2-12(13(15,16)17)7-11(10)9-20/h1-2,7,9H,3-6,8H2. The maximum atomic E-state index is 12.6. The molecule has 1 saturated heterocycles. The summed E-state index contributed by atoms with van der Waals surface area (Å²) < 4.78 is 37.8. The third kappa shape index (κ3) is 3.61. The van der Waals surface area contributed by atoms with Crippen LogP contribution in [0.15, 0.2) is 18.2 Å². The van der Waals surface area contributed by atoms with Crippen LogP contribution in [0.4, 0.5) is 13.2 Å². The Bertz CT molecular complexity index is 485. The molecule has 0 saturated carbocycles. The molecule has 0 bridgehead atoms. The van der Waals surface area contributed by atoms with E-state index in [1.165, 1.54) is 6.07 Å². The molecule has 20 heavy (non-hydrogen) atoms. The highest BCUT2D eigenvalue weighted by molar-refractivity contribution is 6.04. The number of rotatable bonds is 3. The van der Waals surface area contributed by atoms with E-state index in [2.05, 4.69) is 4.90 Å². The number of hydrogen-bond acceptors (Lipinski definition) is 3. The molecule has 1 aromatic rings. The molecule has 0 aromatic heterocycles. The minimum Gasteiger partial charge on any atom is -0.351 e. The van der Waals surface area contributed by atoms with Gasteiger partial charge in [-0.3, -0.25) is 9.69 Å². The van der Waals surface area contributed by atoms with Crippen molar-refractivity contribution >= 4 is 14.3 Å². The van der Waals surface area contributed by atoms with Gasteiger partial charge in [0.05, 0.1) is 5.56 Å². The molecule has 0 aliphatic carbocycles. The quantitative estimate of drug-likeness (QED) is 0.623. The van der Waals surface area contributed by atoms with Gasteiger partial charge < -0.3 is 4.81 Å². The van der Waals surface area contributed by atoms with Crippen molar-refractivity contribution in [1.29, 1.82) is 0 Å². The molecule has 0 amide bonds. The molecule has 1 aliphatic heterocycles. The normalized spacial score (nSPS) is 18.1. The lowest BCUT2D eigenvalue weighted by Crippen LogP contribution is -2.44. The Hall–Kier alpha value is -1.34. The number of carbonyl (C=O) groups is 1. The van der Waals surface area contributed by atoms with Crippen molar-refractivity contribution < 1.29 is 18.0 Å². The molecular weight excluding hydrogens is 268 g/mol. The summed E-state index contributed by atoms with van der Waals surface area (Å²) in [5.74, 6) is 0. The summed E-state index contributed by atoms with van der Waals surface area (Å²) in [7, 11) is 5.64. The summed E-state index contributed by atoms with van der Waals surface area (Å²) in [5, 5.41) is 0. The Morgan fingerprint density at radius 2 is 1.85 bits per heavy atom. The first-order valence-electron chi connectivity index (χ1n) is 6.27. The van der Waals surface area contributed by atoms with Gasteiger partial charge in [-0.1, -0.05) is 6.07 Å². The fraction of sp³-hybridized carbons (Fsp3) is 0.462. The Balaban J connectivity index is 2.14. The molecule has 2 radical (unpaired) electrons. The summed E-state index contributed by atoms with van der Waals surface area (Å²) in [6.07, 6.45) is -3.95. The second-order valence-electron chi connectivity index (χ2n) is 4.84. The molecule has 0 spiro atoms. The summed E-state index contributed by atoms with van der Waals surface area (Å²) in [5.41, 5.74) is -0.0939. The van der Waals surface area contributed by atoms with E-state index in [0.29, 0.717) is 31.5 Å². The lowest BCUT2D eigenvalue weighted by Gasteiger charge is -2.33. The van der Waals surface area contributed by atoms with E-state index in [9.17, 15) is 18.0 Å². The molecule has 1 heterocycles. The van der Waals surface area contributed by atoms with Gasteiger partial charge in [0.25, 0.3) is 0 Å². The molecule has 3 nitrogen and oxygen atoms in total. The Morgan fingerprint density at radius 1 is 1.20 bits per heavy atom. The largest absolute Gasteiger partial charge is 0.416 e. The molecule has 0 atom stereocenters. The number of carbonyl (C=O) groups excluding carboxylic acids is 1. The fourth-order valence-corrected chi connectivity index (χ4v) is 2.19. The number of benzene rings is 1. The van der Waals surface area contributed by atoms with Crippen LogP contribution in [0.25, 0.3) is 0 Å². The number of hydrogen-bond donors (Lipinski definition) is 0. The molecule has 0 unspecified atom stereocenters. The molecule has 7 heteroatoms. The monoisotopic (exact) mass is 282 g/mol. The maximum absolute atomic E-state index is 12.6. The molecule has 1 aliphatic rings. The summed E-state index contributed by atoms with van der Waals surface area (Å²) in [4.78, 5) is 14.8. The van der Waals surface area contributed by atoms with Gasteiger partial charge in [-0.05, 0) is 30.8 Å². The van der Waals surface area contributed by atoms with E-state index >= 15 is 0 Å². The van der Waals surface area contributed by atoms with Crippen LogP contribution in [0, 0.1) is 0 Å².